The van der Waals surface area contributed by atoms with E-state index in [0.29, 0.717) is 0 Å². The van der Waals surface area contributed by atoms with E-state index in [1.54, 1.807) is 0 Å². The summed E-state index contributed by atoms with van der Waals surface area (Å²) in [6.07, 6.45) is 1.28. The van der Waals surface area contributed by atoms with Crippen LogP contribution >= 0.6 is 11.6 Å². The molecule has 0 aliphatic heterocycles. The van der Waals surface area contributed by atoms with Gasteiger partial charge in [0.15, 0.2) is 0 Å². The van der Waals surface area contributed by atoms with E-state index in [4.69, 9.17) is 11.6 Å². The fourth-order valence-corrected chi connectivity index (χ4v) is 0.638. The molecule has 0 bridgehead atoms. The van der Waals surface area contributed by atoms with Crippen LogP contribution in [0.1, 0.15) is 0 Å². The smallest absolute Gasteiger partial charge is 0.242 e. The molecule has 0 spiro atoms. The Hall–Kier alpha value is -1.83. The third-order valence-corrected chi connectivity index (χ3v) is 1.27. The fourth-order valence-electron chi connectivity index (χ4n) is 0.535. The third kappa shape index (κ3) is 1.67. The molecule has 0 saturated heterocycles. The second-order valence-corrected chi connectivity index (χ2v) is 2.20. The van der Waals surface area contributed by atoms with Crippen LogP contribution < -0.4 is 0 Å². The highest BCUT2D eigenvalue weighted by Gasteiger charge is 2.05. The van der Waals surface area contributed by atoms with Gasteiger partial charge in [-0.15, -0.1) is 10.2 Å². The molecule has 0 amide bonds. The summed E-state index contributed by atoms with van der Waals surface area (Å²) in [4.78, 5) is 0. The molecule has 2 rings (SSSR count). The van der Waals surface area contributed by atoms with Gasteiger partial charge < -0.3 is 0 Å². The minimum Gasteiger partial charge on any atom is -0.242 e. The molecule has 2 heterocycles. The van der Waals surface area contributed by atoms with Gasteiger partial charge in [0.05, 0.1) is 0 Å². The van der Waals surface area contributed by atoms with Crippen LogP contribution in [0.2, 0.25) is 5.15 Å². The van der Waals surface area contributed by atoms with Crippen LogP contribution in [0.15, 0.2) is 25.7 Å². The first-order valence-electron chi connectivity index (χ1n) is 3.03. The third-order valence-electron chi connectivity index (χ3n) is 1.03. The molecule has 0 aliphatic carbocycles. The van der Waals surface area contributed by atoms with E-state index in [1.807, 2.05) is 0 Å². The normalized spacial score (nSPS) is 11.2. The molecule has 0 fully saturated rings. The maximum Gasteiger partial charge on any atom is 0.256 e. The standard InChI is InChI=1S/C4HClN6O2/c5-3-4(11-13-10-3)8-7-2-1-6-12-9-2/h1H. The van der Waals surface area contributed by atoms with Gasteiger partial charge in [-0.3, -0.25) is 0 Å². The fraction of sp³-hybridized carbons (Fsp3) is 0. The number of nitrogens with zero attached hydrogens (tertiary/aromatic N) is 6. The van der Waals surface area contributed by atoms with Crippen LogP contribution in [0, 0.1) is 0 Å². The zero-order valence-corrected chi connectivity index (χ0v) is 6.71. The molecule has 0 unspecified atom stereocenters. The van der Waals surface area contributed by atoms with Crippen LogP contribution in [0.4, 0.5) is 11.6 Å². The molecule has 0 atom stereocenters. The Morgan fingerprint density at radius 3 is 2.69 bits per heavy atom. The first-order chi connectivity index (χ1) is 6.36. The van der Waals surface area contributed by atoms with Gasteiger partial charge in [0.1, 0.15) is 6.20 Å². The molecule has 2 aromatic heterocycles. The van der Waals surface area contributed by atoms with Crippen LogP contribution in [0.3, 0.4) is 0 Å². The number of aromatic nitrogens is 4. The second-order valence-electron chi connectivity index (χ2n) is 1.84. The summed E-state index contributed by atoms with van der Waals surface area (Å²) < 4.78 is 8.54. The minimum atomic E-state index is 0.0280. The van der Waals surface area contributed by atoms with Crippen molar-refractivity contribution in [2.45, 2.75) is 0 Å². The van der Waals surface area contributed by atoms with E-state index in [2.05, 4.69) is 40.1 Å². The Morgan fingerprint density at radius 2 is 2.08 bits per heavy atom. The molecule has 0 radical (unpaired) electrons. The van der Waals surface area contributed by atoms with Crippen LogP contribution in [-0.4, -0.2) is 20.6 Å². The van der Waals surface area contributed by atoms with Crippen molar-refractivity contribution in [3.05, 3.63) is 11.3 Å². The van der Waals surface area contributed by atoms with Crippen molar-refractivity contribution in [3.8, 4) is 0 Å². The van der Waals surface area contributed by atoms with Crippen molar-refractivity contribution in [1.29, 1.82) is 0 Å². The predicted molar refractivity (Wildman–Crippen MR) is 37.8 cm³/mol. The van der Waals surface area contributed by atoms with Crippen molar-refractivity contribution in [2.24, 2.45) is 10.2 Å². The largest absolute Gasteiger partial charge is 0.256 e. The molecule has 0 aromatic carbocycles. The maximum absolute atomic E-state index is 5.50. The van der Waals surface area contributed by atoms with Gasteiger partial charge >= 0.3 is 0 Å². The number of halogens is 1. The molecule has 9 heteroatoms. The van der Waals surface area contributed by atoms with E-state index in [1.165, 1.54) is 6.20 Å². The van der Waals surface area contributed by atoms with Gasteiger partial charge in [-0.2, -0.15) is 0 Å². The Balaban J connectivity index is 2.19. The topological polar surface area (TPSA) is 103 Å². The lowest BCUT2D eigenvalue weighted by Gasteiger charge is -1.77. The highest BCUT2D eigenvalue weighted by molar-refractivity contribution is 6.31. The number of azo groups is 1. The van der Waals surface area contributed by atoms with E-state index < -0.39 is 0 Å². The highest BCUT2D eigenvalue weighted by Crippen LogP contribution is 2.20. The average molecular weight is 201 g/mol. The van der Waals surface area contributed by atoms with Crippen molar-refractivity contribution >= 4 is 23.2 Å². The van der Waals surface area contributed by atoms with E-state index in [-0.39, 0.29) is 16.8 Å². The van der Waals surface area contributed by atoms with Crippen molar-refractivity contribution in [2.75, 3.05) is 0 Å². The van der Waals surface area contributed by atoms with Gasteiger partial charge in [0.2, 0.25) is 11.0 Å². The average Bonchev–Trinajstić information content (AvgIpc) is 2.72. The van der Waals surface area contributed by atoms with Gasteiger partial charge in [-0.05, 0) is 15.5 Å². The molecular weight excluding hydrogens is 200 g/mol. The Morgan fingerprint density at radius 1 is 1.15 bits per heavy atom. The van der Waals surface area contributed by atoms with E-state index in [9.17, 15) is 0 Å². The first kappa shape index (κ1) is 7.80. The SMILES string of the molecule is Clc1nonc1N=Nc1cnon1. The number of hydrogen-bond acceptors (Lipinski definition) is 8. The van der Waals surface area contributed by atoms with Crippen molar-refractivity contribution in [1.82, 2.24) is 20.6 Å². The minimum absolute atomic E-state index is 0.0280. The number of rotatable bonds is 2. The Kier molecular flexibility index (Phi) is 1.96. The van der Waals surface area contributed by atoms with E-state index in [0.717, 1.165) is 0 Å². The second kappa shape index (κ2) is 3.27. The lowest BCUT2D eigenvalue weighted by atomic mass is 10.8. The van der Waals surface area contributed by atoms with Crippen LogP contribution in [0.5, 0.6) is 0 Å². The Bertz CT molecular complexity index is 408. The lowest BCUT2D eigenvalue weighted by molar-refractivity contribution is 0.307. The zero-order valence-electron chi connectivity index (χ0n) is 5.96. The molecule has 66 valence electrons. The monoisotopic (exact) mass is 200 g/mol. The van der Waals surface area contributed by atoms with Crippen LogP contribution in [-0.2, 0) is 0 Å². The predicted octanol–water partition coefficient (Wildman–Crippen LogP) is 1.52. The molecule has 0 saturated carbocycles. The van der Waals surface area contributed by atoms with Gasteiger partial charge in [-0.25, -0.2) is 9.26 Å². The summed E-state index contributed by atoms with van der Waals surface area (Å²) in [6.45, 7) is 0. The molecule has 13 heavy (non-hydrogen) atoms. The molecule has 8 nitrogen and oxygen atoms in total. The zero-order chi connectivity index (χ0) is 9.10. The maximum atomic E-state index is 5.50. The van der Waals surface area contributed by atoms with Crippen molar-refractivity contribution < 1.29 is 9.26 Å². The summed E-state index contributed by atoms with van der Waals surface area (Å²) in [5.74, 6) is 0.281. The molecule has 0 N–H and O–H groups in total. The van der Waals surface area contributed by atoms with Gasteiger partial charge in [-0.1, -0.05) is 16.8 Å². The first-order valence-corrected chi connectivity index (χ1v) is 3.41. The molecular formula is C4HClN6O2. The van der Waals surface area contributed by atoms with Gasteiger partial charge in [0, 0.05) is 0 Å². The summed E-state index contributed by atoms with van der Waals surface area (Å²) in [5, 5.41) is 20.5. The van der Waals surface area contributed by atoms with Crippen LogP contribution in [0.25, 0.3) is 0 Å². The summed E-state index contributed by atoms with van der Waals surface area (Å²) in [5.41, 5.74) is 0. The quantitative estimate of drug-likeness (QED) is 0.681. The summed E-state index contributed by atoms with van der Waals surface area (Å²) >= 11 is 5.50. The van der Waals surface area contributed by atoms with Crippen molar-refractivity contribution in [3.63, 3.8) is 0 Å². The van der Waals surface area contributed by atoms with E-state index >= 15 is 0 Å². The summed E-state index contributed by atoms with van der Waals surface area (Å²) in [7, 11) is 0. The molecule has 2 aromatic rings. The lowest BCUT2D eigenvalue weighted by Crippen LogP contribution is -1.62. The number of hydrogen-bond donors (Lipinski definition) is 0. The summed E-state index contributed by atoms with van der Waals surface area (Å²) in [6, 6.07) is 0. The van der Waals surface area contributed by atoms with Gasteiger partial charge in [0.25, 0.3) is 5.82 Å². The Labute approximate surface area is 75.5 Å². The highest BCUT2D eigenvalue weighted by atomic mass is 35.5. The molecule has 0 aliphatic rings.